The van der Waals surface area contributed by atoms with Crippen LogP contribution in [0.4, 0.5) is 5.69 Å². The van der Waals surface area contributed by atoms with Crippen LogP contribution < -0.4 is 14.9 Å². The maximum Gasteiger partial charge on any atom is 0.308 e. The summed E-state index contributed by atoms with van der Waals surface area (Å²) >= 11 is 1.11. The highest BCUT2D eigenvalue weighted by Crippen LogP contribution is 2.27. The first-order valence-corrected chi connectivity index (χ1v) is 12.3. The second-order valence-electron chi connectivity index (χ2n) is 7.13. The van der Waals surface area contributed by atoms with Crippen LogP contribution in [0.15, 0.2) is 46.1 Å². The van der Waals surface area contributed by atoms with Crippen molar-refractivity contribution in [3.63, 3.8) is 0 Å². The molecule has 0 saturated carbocycles. The van der Waals surface area contributed by atoms with Crippen molar-refractivity contribution in [2.24, 2.45) is 0 Å². The molecule has 0 aliphatic carbocycles. The first kappa shape index (κ1) is 22.5. The SMILES string of the molecule is CCn1c(=O)sc2cc(NC(=O)c3cc(S(=O)(=O)N4CCOCC4)ccc3OC)ccc21. The van der Waals surface area contributed by atoms with E-state index >= 15 is 0 Å². The Bertz CT molecular complexity index is 1320. The van der Waals surface area contributed by atoms with Crippen LogP contribution in [0.5, 0.6) is 5.75 Å². The fourth-order valence-corrected chi connectivity index (χ4v) is 6.03. The number of hydrogen-bond acceptors (Lipinski definition) is 7. The quantitative estimate of drug-likeness (QED) is 0.584. The molecule has 170 valence electrons. The average Bonchev–Trinajstić information content (AvgIpc) is 3.13. The van der Waals surface area contributed by atoms with Crippen molar-refractivity contribution >= 4 is 43.2 Å². The molecule has 1 N–H and O–H groups in total. The molecule has 0 unspecified atom stereocenters. The Hall–Kier alpha value is -2.73. The van der Waals surface area contributed by atoms with Crippen LogP contribution in [0.2, 0.25) is 0 Å². The number of aryl methyl sites for hydroxylation is 1. The maximum absolute atomic E-state index is 13.0. The van der Waals surface area contributed by atoms with Crippen LogP contribution in [-0.4, -0.2) is 56.6 Å². The summed E-state index contributed by atoms with van der Waals surface area (Å²) < 4.78 is 40.3. The Kier molecular flexibility index (Phi) is 6.33. The van der Waals surface area contributed by atoms with Gasteiger partial charge in [-0.25, -0.2) is 8.42 Å². The Morgan fingerprint density at radius 2 is 1.94 bits per heavy atom. The number of anilines is 1. The second-order valence-corrected chi connectivity index (χ2v) is 10.1. The zero-order valence-electron chi connectivity index (χ0n) is 17.7. The van der Waals surface area contributed by atoms with Crippen molar-refractivity contribution < 1.29 is 22.7 Å². The summed E-state index contributed by atoms with van der Waals surface area (Å²) in [5.41, 5.74) is 1.40. The summed E-state index contributed by atoms with van der Waals surface area (Å²) in [5.74, 6) is -0.256. The van der Waals surface area contributed by atoms with E-state index in [0.717, 1.165) is 21.6 Å². The van der Waals surface area contributed by atoms with Gasteiger partial charge >= 0.3 is 4.87 Å². The van der Waals surface area contributed by atoms with Crippen molar-refractivity contribution in [3.05, 3.63) is 51.6 Å². The summed E-state index contributed by atoms with van der Waals surface area (Å²) in [6.45, 7) is 3.64. The molecule has 11 heteroatoms. The van der Waals surface area contributed by atoms with Crippen LogP contribution in [0, 0.1) is 0 Å². The molecule has 0 bridgehead atoms. The number of hydrogen-bond donors (Lipinski definition) is 1. The van der Waals surface area contributed by atoms with Crippen LogP contribution in [-0.2, 0) is 21.3 Å². The monoisotopic (exact) mass is 477 g/mol. The van der Waals surface area contributed by atoms with Gasteiger partial charge in [-0.3, -0.25) is 14.2 Å². The molecule has 2 aromatic carbocycles. The molecule has 1 amide bonds. The van der Waals surface area contributed by atoms with Crippen molar-refractivity contribution in [1.29, 1.82) is 0 Å². The molecule has 32 heavy (non-hydrogen) atoms. The van der Waals surface area contributed by atoms with Gasteiger partial charge in [0.1, 0.15) is 5.75 Å². The van der Waals surface area contributed by atoms with Gasteiger partial charge in [0.15, 0.2) is 0 Å². The largest absolute Gasteiger partial charge is 0.496 e. The minimum absolute atomic E-state index is 0.0130. The lowest BCUT2D eigenvalue weighted by Gasteiger charge is -2.26. The van der Waals surface area contributed by atoms with Crippen LogP contribution in [0.3, 0.4) is 0 Å². The third kappa shape index (κ3) is 4.16. The number of nitrogens with one attached hydrogen (secondary N) is 1. The first-order chi connectivity index (χ1) is 15.3. The molecule has 0 atom stereocenters. The molecule has 1 aromatic heterocycles. The van der Waals surface area contributed by atoms with E-state index in [9.17, 15) is 18.0 Å². The van der Waals surface area contributed by atoms with Gasteiger partial charge in [-0.05, 0) is 43.3 Å². The second kappa shape index (κ2) is 9.02. The lowest BCUT2D eigenvalue weighted by Crippen LogP contribution is -2.40. The number of sulfonamides is 1. The molecular formula is C21H23N3O6S2. The van der Waals surface area contributed by atoms with E-state index in [-0.39, 0.29) is 34.2 Å². The maximum atomic E-state index is 13.0. The van der Waals surface area contributed by atoms with Crippen LogP contribution >= 0.6 is 11.3 Å². The number of ether oxygens (including phenoxy) is 2. The van der Waals surface area contributed by atoms with Gasteiger partial charge < -0.3 is 14.8 Å². The number of morpholine rings is 1. The number of rotatable bonds is 6. The van der Waals surface area contributed by atoms with E-state index in [1.165, 1.54) is 29.6 Å². The highest BCUT2D eigenvalue weighted by atomic mass is 32.2. The highest BCUT2D eigenvalue weighted by molar-refractivity contribution is 7.89. The minimum Gasteiger partial charge on any atom is -0.496 e. The Morgan fingerprint density at radius 1 is 1.19 bits per heavy atom. The molecule has 0 spiro atoms. The lowest BCUT2D eigenvalue weighted by molar-refractivity contribution is 0.0730. The Balaban J connectivity index is 1.65. The van der Waals surface area contributed by atoms with Gasteiger partial charge in [0, 0.05) is 25.3 Å². The predicted molar refractivity (Wildman–Crippen MR) is 122 cm³/mol. The fraction of sp³-hybridized carbons (Fsp3) is 0.333. The molecule has 2 heterocycles. The molecule has 1 fully saturated rings. The molecule has 1 aliphatic heterocycles. The topological polar surface area (TPSA) is 107 Å². The van der Waals surface area contributed by atoms with Crippen molar-refractivity contribution in [3.8, 4) is 5.75 Å². The number of nitrogens with zero attached hydrogens (tertiary/aromatic N) is 2. The average molecular weight is 478 g/mol. The molecule has 1 aliphatic rings. The standard InChI is InChI=1S/C21H23N3O6S2/c1-3-24-17-6-4-14(12-19(17)31-21(24)26)22-20(25)16-13-15(5-7-18(16)29-2)32(27,28)23-8-10-30-11-9-23/h4-7,12-13H,3,8-11H2,1-2H3,(H,22,25). The molecule has 3 aromatic rings. The number of aromatic nitrogens is 1. The van der Waals surface area contributed by atoms with Gasteiger partial charge in [-0.15, -0.1) is 0 Å². The highest BCUT2D eigenvalue weighted by Gasteiger charge is 2.28. The summed E-state index contributed by atoms with van der Waals surface area (Å²) in [7, 11) is -2.35. The number of carbonyl (C=O) groups excluding carboxylic acids is 1. The molecular weight excluding hydrogens is 454 g/mol. The van der Waals surface area contributed by atoms with E-state index < -0.39 is 15.9 Å². The van der Waals surface area contributed by atoms with Crippen molar-refractivity contribution in [1.82, 2.24) is 8.87 Å². The zero-order valence-corrected chi connectivity index (χ0v) is 19.3. The zero-order chi connectivity index (χ0) is 22.9. The van der Waals surface area contributed by atoms with E-state index in [1.807, 2.05) is 6.92 Å². The number of amides is 1. The van der Waals surface area contributed by atoms with Gasteiger partial charge in [-0.1, -0.05) is 11.3 Å². The van der Waals surface area contributed by atoms with E-state index in [0.29, 0.717) is 25.4 Å². The van der Waals surface area contributed by atoms with Crippen LogP contribution in [0.25, 0.3) is 10.2 Å². The summed E-state index contributed by atoms with van der Waals surface area (Å²) in [4.78, 5) is 25.1. The van der Waals surface area contributed by atoms with Crippen LogP contribution in [0.1, 0.15) is 17.3 Å². The minimum atomic E-state index is -3.77. The van der Waals surface area contributed by atoms with Gasteiger partial charge in [0.05, 0.1) is 41.0 Å². The van der Waals surface area contributed by atoms with E-state index in [1.54, 1.807) is 22.8 Å². The first-order valence-electron chi connectivity index (χ1n) is 10.1. The number of fused-ring (bicyclic) bond motifs is 1. The van der Waals surface area contributed by atoms with Gasteiger partial charge in [-0.2, -0.15) is 4.31 Å². The normalized spacial score (nSPS) is 15.1. The van der Waals surface area contributed by atoms with Gasteiger partial charge in [0.2, 0.25) is 10.0 Å². The summed E-state index contributed by atoms with van der Waals surface area (Å²) in [5, 5.41) is 2.78. The fourth-order valence-electron chi connectivity index (χ4n) is 3.60. The van der Waals surface area contributed by atoms with Crippen molar-refractivity contribution in [2.45, 2.75) is 18.4 Å². The summed E-state index contributed by atoms with van der Waals surface area (Å²) in [6, 6.07) is 9.44. The number of benzene rings is 2. The van der Waals surface area contributed by atoms with E-state index in [4.69, 9.17) is 9.47 Å². The van der Waals surface area contributed by atoms with E-state index in [2.05, 4.69) is 5.32 Å². The molecule has 4 rings (SSSR count). The third-order valence-electron chi connectivity index (χ3n) is 5.27. The summed E-state index contributed by atoms with van der Waals surface area (Å²) in [6.07, 6.45) is 0. The smallest absolute Gasteiger partial charge is 0.308 e. The number of thiazole rings is 1. The van der Waals surface area contributed by atoms with Gasteiger partial charge in [0.25, 0.3) is 5.91 Å². The lowest BCUT2D eigenvalue weighted by atomic mass is 10.1. The molecule has 0 radical (unpaired) electrons. The van der Waals surface area contributed by atoms with Crippen molar-refractivity contribution in [2.75, 3.05) is 38.7 Å². The predicted octanol–water partition coefficient (Wildman–Crippen LogP) is 2.36. The Labute approximate surface area is 189 Å². The molecule has 1 saturated heterocycles. The third-order valence-corrected chi connectivity index (χ3v) is 8.10. The number of carbonyl (C=O) groups is 1. The molecule has 9 nitrogen and oxygen atoms in total. The number of methoxy groups -OCH3 is 1. The Morgan fingerprint density at radius 3 is 2.62 bits per heavy atom.